The Labute approximate surface area is 145 Å². The molecule has 0 saturated carbocycles. The van der Waals surface area contributed by atoms with Gasteiger partial charge in [-0.3, -0.25) is 19.7 Å². The fraction of sp³-hybridized carbons (Fsp3) is 0. The van der Waals surface area contributed by atoms with Gasteiger partial charge in [-0.15, -0.1) is 0 Å². The van der Waals surface area contributed by atoms with Crippen LogP contribution in [0.25, 0.3) is 39.1 Å². The Morgan fingerprint density at radius 2 is 1.96 bits per heavy atom. The molecule has 7 nitrogen and oxygen atoms in total. The van der Waals surface area contributed by atoms with Gasteiger partial charge in [0.2, 0.25) is 0 Å². The van der Waals surface area contributed by atoms with Crippen LogP contribution in [0.4, 0.5) is 0 Å². The molecule has 4 aromatic heterocycles. The molecular formula is C19H12N4O3. The molecule has 7 heteroatoms. The molecule has 2 N–H and O–H groups in total. The molecule has 0 bridgehead atoms. The topological polar surface area (TPSA) is 96.2 Å². The minimum absolute atomic E-state index is 0.328. The zero-order valence-electron chi connectivity index (χ0n) is 13.4. The van der Waals surface area contributed by atoms with Crippen LogP contribution in [-0.4, -0.2) is 19.6 Å². The number of aromatic amines is 2. The van der Waals surface area contributed by atoms with Gasteiger partial charge < -0.3 is 9.40 Å². The molecular weight excluding hydrogens is 332 g/mol. The minimum Gasteiger partial charge on any atom is -0.464 e. The number of benzene rings is 1. The summed E-state index contributed by atoms with van der Waals surface area (Å²) in [4.78, 5) is 32.3. The second-order valence-corrected chi connectivity index (χ2v) is 5.91. The largest absolute Gasteiger partial charge is 0.464 e. The van der Waals surface area contributed by atoms with Crippen LogP contribution in [0.2, 0.25) is 0 Å². The van der Waals surface area contributed by atoms with Gasteiger partial charge in [-0.25, -0.2) is 0 Å². The summed E-state index contributed by atoms with van der Waals surface area (Å²) in [5.74, 6) is 0. The van der Waals surface area contributed by atoms with Gasteiger partial charge in [0, 0.05) is 17.6 Å². The van der Waals surface area contributed by atoms with Crippen molar-refractivity contribution in [2.45, 2.75) is 0 Å². The number of H-pyrrole nitrogens is 2. The van der Waals surface area contributed by atoms with Gasteiger partial charge in [0.25, 0.3) is 11.1 Å². The van der Waals surface area contributed by atoms with Gasteiger partial charge in [-0.2, -0.15) is 4.52 Å². The summed E-state index contributed by atoms with van der Waals surface area (Å²) >= 11 is 0. The highest BCUT2D eigenvalue weighted by Crippen LogP contribution is 2.24. The monoisotopic (exact) mass is 344 g/mol. The maximum absolute atomic E-state index is 12.5. The third kappa shape index (κ3) is 2.11. The lowest BCUT2D eigenvalue weighted by molar-refractivity contribution is 0.616. The molecule has 0 aliphatic heterocycles. The average molecular weight is 344 g/mol. The van der Waals surface area contributed by atoms with Gasteiger partial charge in [0.1, 0.15) is 16.8 Å². The zero-order valence-corrected chi connectivity index (χ0v) is 13.4. The van der Waals surface area contributed by atoms with Crippen LogP contribution < -0.4 is 11.1 Å². The van der Waals surface area contributed by atoms with E-state index in [1.807, 2.05) is 24.3 Å². The Morgan fingerprint density at radius 1 is 1.04 bits per heavy atom. The smallest absolute Gasteiger partial charge is 0.276 e. The highest BCUT2D eigenvalue weighted by Gasteiger charge is 2.16. The summed E-state index contributed by atoms with van der Waals surface area (Å²) in [5, 5.41) is 3.49. The van der Waals surface area contributed by atoms with Gasteiger partial charge in [0.15, 0.2) is 0 Å². The third-order valence-electron chi connectivity index (χ3n) is 4.33. The molecule has 5 rings (SSSR count). The number of fused-ring (bicyclic) bond motifs is 2. The lowest BCUT2D eigenvalue weighted by Gasteiger charge is -2.04. The first-order valence-electron chi connectivity index (χ1n) is 7.98. The number of rotatable bonds is 2. The van der Waals surface area contributed by atoms with E-state index in [-0.39, 0.29) is 11.1 Å². The first-order chi connectivity index (χ1) is 12.7. The van der Waals surface area contributed by atoms with Crippen molar-refractivity contribution in [3.05, 3.63) is 81.7 Å². The molecule has 4 heterocycles. The van der Waals surface area contributed by atoms with E-state index in [1.54, 1.807) is 30.7 Å². The number of aromatic nitrogens is 4. The van der Waals surface area contributed by atoms with E-state index >= 15 is 0 Å². The molecule has 0 saturated heterocycles. The Kier molecular flexibility index (Phi) is 2.96. The SMILES string of the molecule is O=c1[nH]n2c(=O)cc(-c3ccc4occc4c3)[nH]c2c1-c1ccccn1. The van der Waals surface area contributed by atoms with Gasteiger partial charge in [-0.1, -0.05) is 6.07 Å². The highest BCUT2D eigenvalue weighted by molar-refractivity contribution is 5.83. The first kappa shape index (κ1) is 14.5. The van der Waals surface area contributed by atoms with Crippen LogP contribution >= 0.6 is 0 Å². The summed E-state index contributed by atoms with van der Waals surface area (Å²) in [6.45, 7) is 0. The van der Waals surface area contributed by atoms with Crippen molar-refractivity contribution in [3.63, 3.8) is 0 Å². The van der Waals surface area contributed by atoms with Crippen LogP contribution in [0, 0.1) is 0 Å². The summed E-state index contributed by atoms with van der Waals surface area (Å²) < 4.78 is 6.55. The number of furan rings is 1. The lowest BCUT2D eigenvalue weighted by atomic mass is 10.1. The molecule has 0 spiro atoms. The number of nitrogens with zero attached hydrogens (tertiary/aromatic N) is 2. The Hall–Kier alpha value is -3.87. The normalized spacial score (nSPS) is 11.4. The molecule has 26 heavy (non-hydrogen) atoms. The summed E-state index contributed by atoms with van der Waals surface area (Å²) in [6.07, 6.45) is 3.22. The van der Waals surface area contributed by atoms with Crippen molar-refractivity contribution < 1.29 is 4.42 Å². The van der Waals surface area contributed by atoms with Crippen LogP contribution in [0.1, 0.15) is 0 Å². The molecule has 5 aromatic rings. The Morgan fingerprint density at radius 3 is 2.81 bits per heavy atom. The minimum atomic E-state index is -0.375. The summed E-state index contributed by atoms with van der Waals surface area (Å²) in [7, 11) is 0. The van der Waals surface area contributed by atoms with E-state index < -0.39 is 0 Å². The number of hydrogen-bond donors (Lipinski definition) is 2. The van der Waals surface area contributed by atoms with Gasteiger partial charge in [0.05, 0.1) is 17.7 Å². The zero-order chi connectivity index (χ0) is 17.7. The Bertz CT molecular complexity index is 1370. The van der Waals surface area contributed by atoms with Crippen LogP contribution in [0.15, 0.2) is 75.0 Å². The second kappa shape index (κ2) is 5.32. The van der Waals surface area contributed by atoms with Crippen molar-refractivity contribution in [3.8, 4) is 22.5 Å². The summed E-state index contributed by atoms with van der Waals surface area (Å²) in [6, 6.07) is 14.2. The van der Waals surface area contributed by atoms with Crippen LogP contribution in [-0.2, 0) is 0 Å². The molecule has 0 aliphatic carbocycles. The number of nitrogens with one attached hydrogen (secondary N) is 2. The lowest BCUT2D eigenvalue weighted by Crippen LogP contribution is -2.15. The van der Waals surface area contributed by atoms with Gasteiger partial charge >= 0.3 is 0 Å². The van der Waals surface area contributed by atoms with E-state index in [1.165, 1.54) is 10.6 Å². The molecule has 126 valence electrons. The molecule has 0 amide bonds. The van der Waals surface area contributed by atoms with E-state index in [4.69, 9.17) is 4.42 Å². The molecule has 0 fully saturated rings. The number of pyridine rings is 1. The predicted molar refractivity (Wildman–Crippen MR) is 97.1 cm³/mol. The molecule has 1 aromatic carbocycles. The van der Waals surface area contributed by atoms with Crippen LogP contribution in [0.3, 0.4) is 0 Å². The maximum atomic E-state index is 12.5. The van der Waals surface area contributed by atoms with Crippen molar-refractivity contribution in [1.29, 1.82) is 0 Å². The van der Waals surface area contributed by atoms with Crippen molar-refractivity contribution in [2.75, 3.05) is 0 Å². The second-order valence-electron chi connectivity index (χ2n) is 5.91. The van der Waals surface area contributed by atoms with Crippen molar-refractivity contribution in [1.82, 2.24) is 19.6 Å². The fourth-order valence-corrected chi connectivity index (χ4v) is 3.11. The van der Waals surface area contributed by atoms with Crippen molar-refractivity contribution in [2.24, 2.45) is 0 Å². The van der Waals surface area contributed by atoms with E-state index in [0.29, 0.717) is 22.6 Å². The quantitative estimate of drug-likeness (QED) is 0.515. The predicted octanol–water partition coefficient (Wildman–Crippen LogP) is 2.79. The average Bonchev–Trinajstić information content (AvgIpc) is 3.25. The fourth-order valence-electron chi connectivity index (χ4n) is 3.11. The first-order valence-corrected chi connectivity index (χ1v) is 7.98. The molecule has 0 unspecified atom stereocenters. The standard InChI is InChI=1S/C19H12N4O3/c24-16-10-14(11-4-5-15-12(9-11)6-8-26-15)21-18-17(19(25)22-23(16)18)13-3-1-2-7-20-13/h1-10,21H,(H,22,25). The van der Waals surface area contributed by atoms with E-state index in [2.05, 4.69) is 15.1 Å². The van der Waals surface area contributed by atoms with Crippen molar-refractivity contribution >= 4 is 16.6 Å². The van der Waals surface area contributed by atoms with Crippen LogP contribution in [0.5, 0.6) is 0 Å². The maximum Gasteiger partial charge on any atom is 0.276 e. The number of hydrogen-bond acceptors (Lipinski definition) is 4. The molecule has 0 radical (unpaired) electrons. The highest BCUT2D eigenvalue weighted by atomic mass is 16.3. The van der Waals surface area contributed by atoms with Gasteiger partial charge in [-0.05, 0) is 42.0 Å². The third-order valence-corrected chi connectivity index (χ3v) is 4.33. The Balaban J connectivity index is 1.80. The van der Waals surface area contributed by atoms with E-state index in [9.17, 15) is 9.59 Å². The summed E-state index contributed by atoms with van der Waals surface area (Å²) in [5.41, 5.74) is 2.68. The van der Waals surface area contributed by atoms with E-state index in [0.717, 1.165) is 16.5 Å². The molecule has 0 atom stereocenters. The molecule has 0 aliphatic rings.